The van der Waals surface area contributed by atoms with Crippen molar-refractivity contribution in [1.82, 2.24) is 19.8 Å². The number of piperazine rings is 1. The molecule has 0 aliphatic carbocycles. The molecule has 0 spiro atoms. The molecule has 3 rings (SSSR count). The van der Waals surface area contributed by atoms with Crippen LogP contribution in [-0.2, 0) is 25.7 Å². The Balaban J connectivity index is 1.74. The molecule has 1 N–H and O–H groups in total. The zero-order chi connectivity index (χ0) is 20.3. The van der Waals surface area contributed by atoms with Gasteiger partial charge in [0.15, 0.2) is 0 Å². The Kier molecular flexibility index (Phi) is 6.08. The number of methoxy groups -OCH3 is 1. The molecular formula is C18H19BrN4O5. The average Bonchev–Trinajstić information content (AvgIpc) is 2.69. The van der Waals surface area contributed by atoms with E-state index in [0.29, 0.717) is 24.0 Å². The first kappa shape index (κ1) is 20.0. The van der Waals surface area contributed by atoms with Crippen LogP contribution >= 0.6 is 15.9 Å². The van der Waals surface area contributed by atoms with Crippen LogP contribution in [0.25, 0.3) is 10.9 Å². The van der Waals surface area contributed by atoms with E-state index in [-0.39, 0.29) is 36.8 Å². The number of rotatable bonds is 5. The van der Waals surface area contributed by atoms with E-state index in [1.54, 1.807) is 18.2 Å². The molecule has 2 amide bonds. The largest absolute Gasteiger partial charge is 0.469 e. The lowest BCUT2D eigenvalue weighted by atomic mass is 10.1. The minimum Gasteiger partial charge on any atom is -0.469 e. The van der Waals surface area contributed by atoms with Gasteiger partial charge < -0.3 is 15.0 Å². The first-order chi connectivity index (χ1) is 13.4. The van der Waals surface area contributed by atoms with Gasteiger partial charge in [-0.1, -0.05) is 15.9 Å². The Bertz CT molecular complexity index is 990. The van der Waals surface area contributed by atoms with E-state index in [4.69, 9.17) is 0 Å². The first-order valence-electron chi connectivity index (χ1n) is 8.69. The van der Waals surface area contributed by atoms with Crippen LogP contribution in [0, 0.1) is 0 Å². The molecule has 1 aliphatic rings. The SMILES string of the molecule is COC(=O)CC1C(=O)NCCN1C(=O)CCn1cnc2ccc(Br)cc2c1=O. The molecule has 10 heteroatoms. The van der Waals surface area contributed by atoms with Crippen molar-refractivity contribution in [3.8, 4) is 0 Å². The molecule has 28 heavy (non-hydrogen) atoms. The number of aromatic nitrogens is 2. The zero-order valence-corrected chi connectivity index (χ0v) is 16.8. The lowest BCUT2D eigenvalue weighted by Crippen LogP contribution is -2.58. The van der Waals surface area contributed by atoms with Crippen LogP contribution in [0.15, 0.2) is 33.8 Å². The van der Waals surface area contributed by atoms with Crippen LogP contribution in [0.2, 0.25) is 0 Å². The number of hydrogen-bond acceptors (Lipinski definition) is 6. The fraction of sp³-hybridized carbons (Fsp3) is 0.389. The van der Waals surface area contributed by atoms with Gasteiger partial charge >= 0.3 is 5.97 Å². The van der Waals surface area contributed by atoms with Gasteiger partial charge in [0.05, 0.1) is 30.8 Å². The van der Waals surface area contributed by atoms with Gasteiger partial charge in [-0.25, -0.2) is 4.98 Å². The fourth-order valence-electron chi connectivity index (χ4n) is 3.11. The molecule has 1 unspecified atom stereocenters. The standard InChI is InChI=1S/C18H19BrN4O5/c1-28-16(25)9-14-17(26)20-5-7-23(14)15(24)4-6-22-10-21-13-3-2-11(19)8-12(13)18(22)27/h2-3,8,10,14H,4-7,9H2,1H3,(H,20,26). The summed E-state index contributed by atoms with van der Waals surface area (Å²) in [5.41, 5.74) is 0.322. The summed E-state index contributed by atoms with van der Waals surface area (Å²) in [4.78, 5) is 54.6. The summed E-state index contributed by atoms with van der Waals surface area (Å²) in [5, 5.41) is 3.09. The summed E-state index contributed by atoms with van der Waals surface area (Å²) < 4.78 is 6.74. The van der Waals surface area contributed by atoms with E-state index in [9.17, 15) is 19.2 Å². The normalized spacial score (nSPS) is 16.7. The van der Waals surface area contributed by atoms with Crippen LogP contribution in [-0.4, -0.2) is 58.5 Å². The fourth-order valence-corrected chi connectivity index (χ4v) is 3.47. The van der Waals surface area contributed by atoms with Crippen molar-refractivity contribution >= 4 is 44.6 Å². The van der Waals surface area contributed by atoms with E-state index in [2.05, 4.69) is 31.0 Å². The molecule has 0 bridgehead atoms. The van der Waals surface area contributed by atoms with E-state index in [1.165, 1.54) is 22.9 Å². The Labute approximate surface area is 168 Å². The number of nitrogens with one attached hydrogen (secondary N) is 1. The molecular weight excluding hydrogens is 432 g/mol. The number of benzene rings is 1. The lowest BCUT2D eigenvalue weighted by molar-refractivity contribution is -0.150. The minimum absolute atomic E-state index is 0.00600. The maximum Gasteiger partial charge on any atom is 0.308 e. The quantitative estimate of drug-likeness (QED) is 0.661. The van der Waals surface area contributed by atoms with Crippen molar-refractivity contribution in [3.63, 3.8) is 0 Å². The smallest absolute Gasteiger partial charge is 0.308 e. The molecule has 9 nitrogen and oxygen atoms in total. The molecule has 0 radical (unpaired) electrons. The molecule has 1 fully saturated rings. The van der Waals surface area contributed by atoms with Gasteiger partial charge in [0.25, 0.3) is 5.56 Å². The maximum absolute atomic E-state index is 12.7. The van der Waals surface area contributed by atoms with Crippen LogP contribution in [0.5, 0.6) is 0 Å². The topological polar surface area (TPSA) is 111 Å². The highest BCUT2D eigenvalue weighted by Crippen LogP contribution is 2.15. The third kappa shape index (κ3) is 4.22. The number of carbonyl (C=O) groups excluding carboxylic acids is 3. The monoisotopic (exact) mass is 450 g/mol. The lowest BCUT2D eigenvalue weighted by Gasteiger charge is -2.34. The number of carbonyl (C=O) groups is 3. The number of halogens is 1. The van der Waals surface area contributed by atoms with Crippen LogP contribution in [0.4, 0.5) is 0 Å². The number of nitrogens with zero attached hydrogens (tertiary/aromatic N) is 3. The summed E-state index contributed by atoms with van der Waals surface area (Å²) in [6.45, 7) is 0.730. The second-order valence-electron chi connectivity index (χ2n) is 6.33. The Hall–Kier alpha value is -2.75. The Morgan fingerprint density at radius 1 is 1.36 bits per heavy atom. The highest BCUT2D eigenvalue weighted by Gasteiger charge is 2.34. The van der Waals surface area contributed by atoms with E-state index in [1.807, 2.05) is 0 Å². The maximum atomic E-state index is 12.7. The molecule has 1 saturated heterocycles. The predicted molar refractivity (Wildman–Crippen MR) is 103 cm³/mol. The molecule has 0 saturated carbocycles. The molecule has 148 valence electrons. The average molecular weight is 451 g/mol. The zero-order valence-electron chi connectivity index (χ0n) is 15.2. The van der Waals surface area contributed by atoms with Crippen molar-refractivity contribution in [3.05, 3.63) is 39.4 Å². The van der Waals surface area contributed by atoms with Gasteiger partial charge in [0.1, 0.15) is 6.04 Å². The number of amides is 2. The molecule has 1 atom stereocenters. The van der Waals surface area contributed by atoms with Crippen LogP contribution in [0.3, 0.4) is 0 Å². The third-order valence-corrected chi connectivity index (χ3v) is 5.08. The summed E-state index contributed by atoms with van der Waals surface area (Å²) in [6.07, 6.45) is 1.20. The van der Waals surface area contributed by atoms with Gasteiger partial charge in [0.2, 0.25) is 11.8 Å². The predicted octanol–water partition coefficient (Wildman–Crippen LogP) is 0.439. The van der Waals surface area contributed by atoms with Crippen molar-refractivity contribution < 1.29 is 19.1 Å². The Morgan fingerprint density at radius 3 is 2.89 bits per heavy atom. The molecule has 2 aromatic rings. The molecule has 1 aliphatic heterocycles. The summed E-state index contributed by atoms with van der Waals surface area (Å²) >= 11 is 3.33. The van der Waals surface area contributed by atoms with E-state index in [0.717, 1.165) is 4.47 Å². The van der Waals surface area contributed by atoms with Crippen molar-refractivity contribution in [2.75, 3.05) is 20.2 Å². The number of fused-ring (bicyclic) bond motifs is 1. The van der Waals surface area contributed by atoms with Crippen LogP contribution in [0.1, 0.15) is 12.8 Å². The van der Waals surface area contributed by atoms with E-state index < -0.39 is 12.0 Å². The number of hydrogen-bond donors (Lipinski definition) is 1. The minimum atomic E-state index is -0.906. The summed E-state index contributed by atoms with van der Waals surface area (Å²) in [5.74, 6) is -1.27. The van der Waals surface area contributed by atoms with Gasteiger partial charge in [-0.3, -0.25) is 23.7 Å². The van der Waals surface area contributed by atoms with Crippen molar-refractivity contribution in [2.24, 2.45) is 0 Å². The first-order valence-corrected chi connectivity index (χ1v) is 9.48. The highest BCUT2D eigenvalue weighted by atomic mass is 79.9. The van der Waals surface area contributed by atoms with Gasteiger partial charge in [-0.2, -0.15) is 0 Å². The number of aryl methyl sites for hydroxylation is 1. The second kappa shape index (κ2) is 8.51. The van der Waals surface area contributed by atoms with E-state index >= 15 is 0 Å². The van der Waals surface area contributed by atoms with Crippen molar-refractivity contribution in [2.45, 2.75) is 25.4 Å². The van der Waals surface area contributed by atoms with Gasteiger partial charge in [-0.15, -0.1) is 0 Å². The molecule has 1 aromatic carbocycles. The molecule has 1 aromatic heterocycles. The highest BCUT2D eigenvalue weighted by molar-refractivity contribution is 9.10. The third-order valence-electron chi connectivity index (χ3n) is 4.59. The molecule has 2 heterocycles. The number of ether oxygens (including phenoxy) is 1. The summed E-state index contributed by atoms with van der Waals surface area (Å²) in [7, 11) is 1.23. The van der Waals surface area contributed by atoms with Gasteiger partial charge in [-0.05, 0) is 18.2 Å². The summed E-state index contributed by atoms with van der Waals surface area (Å²) in [6, 6.07) is 4.31. The van der Waals surface area contributed by atoms with Crippen molar-refractivity contribution in [1.29, 1.82) is 0 Å². The number of esters is 1. The second-order valence-corrected chi connectivity index (χ2v) is 7.24. The van der Waals surface area contributed by atoms with Crippen LogP contribution < -0.4 is 10.9 Å². The van der Waals surface area contributed by atoms with Gasteiger partial charge in [0, 0.05) is 30.5 Å². The Morgan fingerprint density at radius 2 is 2.14 bits per heavy atom.